The van der Waals surface area contributed by atoms with Crippen LogP contribution in [0.15, 0.2) is 36.4 Å². The van der Waals surface area contributed by atoms with E-state index < -0.39 is 17.8 Å². The Hall–Kier alpha value is -2.30. The van der Waals surface area contributed by atoms with Crippen molar-refractivity contribution in [3.8, 4) is 5.75 Å². The lowest BCUT2D eigenvalue weighted by Crippen LogP contribution is -2.48. The molecule has 1 aromatic rings. The van der Waals surface area contributed by atoms with Crippen LogP contribution in [0.4, 0.5) is 5.69 Å². The number of carbonyl (C=O) groups is 2. The van der Waals surface area contributed by atoms with Crippen LogP contribution in [0.1, 0.15) is 6.42 Å². The number of nitrogens with one attached hydrogen (secondary N) is 1. The summed E-state index contributed by atoms with van der Waals surface area (Å²) in [6, 6.07) is 7.08. The number of rotatable bonds is 4. The van der Waals surface area contributed by atoms with E-state index in [1.54, 1.807) is 31.4 Å². The number of fused-ring (bicyclic) bond motifs is 1. The van der Waals surface area contributed by atoms with Crippen molar-refractivity contribution in [1.82, 2.24) is 0 Å². The Labute approximate surface area is 134 Å². The summed E-state index contributed by atoms with van der Waals surface area (Å²) in [7, 11) is 1.59. The van der Waals surface area contributed by atoms with Crippen LogP contribution in [0.2, 0.25) is 0 Å². The average Bonchev–Trinajstić information content (AvgIpc) is 3.37. The van der Waals surface area contributed by atoms with Crippen molar-refractivity contribution in [2.75, 3.05) is 12.4 Å². The molecule has 0 radical (unpaired) electrons. The van der Waals surface area contributed by atoms with Crippen molar-refractivity contribution in [3.63, 3.8) is 0 Å². The van der Waals surface area contributed by atoms with Gasteiger partial charge in [-0.3, -0.25) is 9.59 Å². The molecule has 0 aromatic heterocycles. The molecular weight excluding hydrogens is 294 g/mol. The Bertz CT molecular complexity index is 681. The number of anilines is 1. The third-order valence-electron chi connectivity index (χ3n) is 5.60. The number of carboxylic acid groups (broad SMARTS) is 1. The van der Waals surface area contributed by atoms with Crippen molar-refractivity contribution in [3.05, 3.63) is 36.4 Å². The van der Waals surface area contributed by atoms with Crippen molar-refractivity contribution in [2.45, 2.75) is 6.42 Å². The molecule has 5 heteroatoms. The van der Waals surface area contributed by atoms with E-state index in [2.05, 4.69) is 11.4 Å². The zero-order valence-electron chi connectivity index (χ0n) is 12.8. The fraction of sp³-hybridized carbons (Fsp3) is 0.444. The van der Waals surface area contributed by atoms with Crippen molar-refractivity contribution >= 4 is 17.6 Å². The third-order valence-corrected chi connectivity index (χ3v) is 5.60. The molecule has 2 fully saturated rings. The molecule has 1 amide bonds. The summed E-state index contributed by atoms with van der Waals surface area (Å²) < 4.78 is 5.10. The Morgan fingerprint density at radius 1 is 1.09 bits per heavy atom. The van der Waals surface area contributed by atoms with E-state index in [4.69, 9.17) is 4.74 Å². The summed E-state index contributed by atoms with van der Waals surface area (Å²) in [4.78, 5) is 24.5. The predicted octanol–water partition coefficient (Wildman–Crippen LogP) is 2.40. The second-order valence-corrected chi connectivity index (χ2v) is 6.71. The fourth-order valence-electron chi connectivity index (χ4n) is 4.47. The number of hydrogen-bond donors (Lipinski definition) is 2. The van der Waals surface area contributed by atoms with Gasteiger partial charge in [0.1, 0.15) is 5.75 Å². The zero-order valence-corrected chi connectivity index (χ0v) is 12.8. The van der Waals surface area contributed by atoms with E-state index in [1.165, 1.54) is 0 Å². The second kappa shape index (κ2) is 5.11. The molecule has 2 saturated carbocycles. The maximum absolute atomic E-state index is 12.8. The standard InChI is InChI=1S/C18H19NO4/c1-23-10-4-2-9(3-5-10)19-17(20)15-11-6-7-12(14-8-13(11)14)16(15)18(21)22/h2-7,11-16H,8H2,1H3,(H,19,20)(H,21,22)/t11-,12-,13+,14-,15+,16+/m0/s1. The molecule has 0 aliphatic heterocycles. The quantitative estimate of drug-likeness (QED) is 0.837. The lowest BCUT2D eigenvalue weighted by atomic mass is 9.62. The van der Waals surface area contributed by atoms with E-state index in [-0.39, 0.29) is 17.7 Å². The molecule has 0 heterocycles. The van der Waals surface area contributed by atoms with Gasteiger partial charge in [-0.15, -0.1) is 0 Å². The van der Waals surface area contributed by atoms with Gasteiger partial charge < -0.3 is 15.2 Å². The number of benzene rings is 1. The van der Waals surface area contributed by atoms with Gasteiger partial charge in [-0.05, 0) is 54.4 Å². The van der Waals surface area contributed by atoms with Crippen molar-refractivity contribution < 1.29 is 19.4 Å². The SMILES string of the molecule is COc1ccc(NC(=O)[C@@H]2[C@H]3C=C[C@@H]([C@@H]4C[C@H]34)[C@H]2C(=O)O)cc1. The van der Waals surface area contributed by atoms with Crippen LogP contribution in [-0.4, -0.2) is 24.1 Å². The Morgan fingerprint density at radius 3 is 2.26 bits per heavy atom. The molecule has 2 N–H and O–H groups in total. The molecule has 120 valence electrons. The first kappa shape index (κ1) is 14.3. The monoisotopic (exact) mass is 313 g/mol. The minimum absolute atomic E-state index is 0.00844. The van der Waals surface area contributed by atoms with Crippen LogP contribution < -0.4 is 10.1 Å². The minimum atomic E-state index is -0.857. The zero-order chi connectivity index (χ0) is 16.1. The molecule has 0 spiro atoms. The number of allylic oxidation sites excluding steroid dienone is 2. The number of carboxylic acids is 1. The topological polar surface area (TPSA) is 75.6 Å². The van der Waals surface area contributed by atoms with Crippen LogP contribution in [0.25, 0.3) is 0 Å². The first-order valence-electron chi connectivity index (χ1n) is 7.96. The molecule has 4 aliphatic rings. The van der Waals surface area contributed by atoms with Gasteiger partial charge in [0, 0.05) is 5.69 Å². The molecular formula is C18H19NO4. The summed E-state index contributed by atoms with van der Waals surface area (Å²) in [5.41, 5.74) is 0.665. The van der Waals surface area contributed by atoms with E-state index in [9.17, 15) is 14.7 Å². The highest BCUT2D eigenvalue weighted by molar-refractivity contribution is 5.96. The Morgan fingerprint density at radius 2 is 1.70 bits per heavy atom. The maximum Gasteiger partial charge on any atom is 0.307 e. The van der Waals surface area contributed by atoms with Gasteiger partial charge in [0.25, 0.3) is 0 Å². The van der Waals surface area contributed by atoms with Gasteiger partial charge in [-0.1, -0.05) is 12.2 Å². The number of ether oxygens (including phenoxy) is 1. The predicted molar refractivity (Wildman–Crippen MR) is 84.0 cm³/mol. The van der Waals surface area contributed by atoms with Gasteiger partial charge in [0.15, 0.2) is 0 Å². The summed E-state index contributed by atoms with van der Waals surface area (Å²) in [5, 5.41) is 12.5. The average molecular weight is 313 g/mol. The van der Waals surface area contributed by atoms with Crippen molar-refractivity contribution in [2.24, 2.45) is 35.5 Å². The van der Waals surface area contributed by atoms with Gasteiger partial charge in [-0.2, -0.15) is 0 Å². The number of methoxy groups -OCH3 is 1. The number of carbonyl (C=O) groups excluding carboxylic acids is 1. The second-order valence-electron chi connectivity index (χ2n) is 6.71. The van der Waals surface area contributed by atoms with E-state index >= 15 is 0 Å². The van der Waals surface area contributed by atoms with Crippen LogP contribution in [0.3, 0.4) is 0 Å². The third kappa shape index (κ3) is 2.22. The van der Waals surface area contributed by atoms with E-state index in [0.717, 1.165) is 6.42 Å². The molecule has 23 heavy (non-hydrogen) atoms. The van der Waals surface area contributed by atoms with Crippen LogP contribution >= 0.6 is 0 Å². The number of amides is 1. The molecule has 6 atom stereocenters. The van der Waals surface area contributed by atoms with Gasteiger partial charge in [-0.25, -0.2) is 0 Å². The van der Waals surface area contributed by atoms with E-state index in [0.29, 0.717) is 23.3 Å². The summed E-state index contributed by atoms with van der Waals surface area (Å²) in [6.07, 6.45) is 5.14. The van der Waals surface area contributed by atoms with Crippen LogP contribution in [0, 0.1) is 35.5 Å². The van der Waals surface area contributed by atoms with Crippen LogP contribution in [-0.2, 0) is 9.59 Å². The first-order valence-corrected chi connectivity index (χ1v) is 7.96. The molecule has 5 nitrogen and oxygen atoms in total. The first-order chi connectivity index (χ1) is 11.1. The van der Waals surface area contributed by atoms with Gasteiger partial charge >= 0.3 is 5.97 Å². The maximum atomic E-state index is 12.8. The lowest BCUT2D eigenvalue weighted by Gasteiger charge is -2.41. The minimum Gasteiger partial charge on any atom is -0.497 e. The van der Waals surface area contributed by atoms with Gasteiger partial charge in [0.05, 0.1) is 18.9 Å². The largest absolute Gasteiger partial charge is 0.497 e. The summed E-state index contributed by atoms with van der Waals surface area (Å²) in [5.74, 6) is -0.383. The lowest BCUT2D eigenvalue weighted by molar-refractivity contribution is -0.152. The molecule has 5 rings (SSSR count). The van der Waals surface area contributed by atoms with Crippen molar-refractivity contribution in [1.29, 1.82) is 0 Å². The molecule has 4 aliphatic carbocycles. The normalized spacial score (nSPS) is 36.2. The fourth-order valence-corrected chi connectivity index (χ4v) is 4.47. The summed E-state index contributed by atoms with van der Waals surface area (Å²) >= 11 is 0. The number of aliphatic carboxylic acids is 1. The molecule has 0 unspecified atom stereocenters. The Balaban J connectivity index is 1.56. The molecule has 2 bridgehead atoms. The smallest absolute Gasteiger partial charge is 0.307 e. The molecule has 1 aromatic carbocycles. The highest BCUT2D eigenvalue weighted by atomic mass is 16.5. The van der Waals surface area contributed by atoms with Gasteiger partial charge in [0.2, 0.25) is 5.91 Å². The molecule has 0 saturated heterocycles. The number of hydrogen-bond acceptors (Lipinski definition) is 3. The Kier molecular flexibility index (Phi) is 3.18. The van der Waals surface area contributed by atoms with Crippen LogP contribution in [0.5, 0.6) is 5.75 Å². The highest BCUT2D eigenvalue weighted by Crippen LogP contribution is 2.63. The summed E-state index contributed by atoms with van der Waals surface area (Å²) in [6.45, 7) is 0. The van der Waals surface area contributed by atoms with E-state index in [1.807, 2.05) is 6.08 Å². The highest BCUT2D eigenvalue weighted by Gasteiger charge is 2.62.